The van der Waals surface area contributed by atoms with Gasteiger partial charge in [0.2, 0.25) is 0 Å². The summed E-state index contributed by atoms with van der Waals surface area (Å²) in [7, 11) is 0. The standard InChI is InChI=1S/C14H22N4/c15-12-2-1-7-18(10-12)13-5-6-14(17-9-13)16-8-11-3-4-11/h5-6,9,11-12H,1-4,7-8,10,15H2,(H,16,17). The Morgan fingerprint density at radius 1 is 1.33 bits per heavy atom. The Morgan fingerprint density at radius 2 is 2.22 bits per heavy atom. The lowest BCUT2D eigenvalue weighted by Gasteiger charge is -2.32. The molecule has 1 saturated heterocycles. The van der Waals surface area contributed by atoms with Crippen LogP contribution < -0.4 is 16.0 Å². The van der Waals surface area contributed by atoms with Crippen LogP contribution in [0.2, 0.25) is 0 Å². The maximum absolute atomic E-state index is 6.01. The first-order chi connectivity index (χ1) is 8.81. The van der Waals surface area contributed by atoms with Crippen molar-refractivity contribution in [2.45, 2.75) is 31.7 Å². The van der Waals surface area contributed by atoms with Crippen molar-refractivity contribution in [1.82, 2.24) is 4.98 Å². The lowest BCUT2D eigenvalue weighted by atomic mass is 10.1. The number of piperidine rings is 1. The summed E-state index contributed by atoms with van der Waals surface area (Å²) in [5.74, 6) is 1.87. The molecule has 2 aliphatic rings. The molecule has 2 heterocycles. The van der Waals surface area contributed by atoms with Crippen LogP contribution >= 0.6 is 0 Å². The summed E-state index contributed by atoms with van der Waals surface area (Å²) in [5.41, 5.74) is 7.20. The van der Waals surface area contributed by atoms with Gasteiger partial charge in [-0.1, -0.05) is 0 Å². The van der Waals surface area contributed by atoms with Crippen molar-refractivity contribution < 1.29 is 0 Å². The Hall–Kier alpha value is -1.29. The fourth-order valence-corrected chi connectivity index (χ4v) is 2.49. The van der Waals surface area contributed by atoms with Crippen LogP contribution in [0, 0.1) is 5.92 Å². The van der Waals surface area contributed by atoms with E-state index in [0.29, 0.717) is 6.04 Å². The minimum Gasteiger partial charge on any atom is -0.370 e. The second-order valence-corrected chi connectivity index (χ2v) is 5.57. The molecule has 1 unspecified atom stereocenters. The third-order valence-electron chi connectivity index (χ3n) is 3.84. The molecule has 98 valence electrons. The Balaban J connectivity index is 1.58. The second-order valence-electron chi connectivity index (χ2n) is 5.57. The quantitative estimate of drug-likeness (QED) is 0.851. The average Bonchev–Trinajstić information content (AvgIpc) is 3.21. The molecule has 1 aromatic rings. The summed E-state index contributed by atoms with van der Waals surface area (Å²) in [6, 6.07) is 4.55. The molecule has 4 nitrogen and oxygen atoms in total. The smallest absolute Gasteiger partial charge is 0.126 e. The van der Waals surface area contributed by atoms with Crippen molar-refractivity contribution in [2.75, 3.05) is 29.9 Å². The first-order valence-electron chi connectivity index (χ1n) is 7.02. The molecule has 3 rings (SSSR count). The van der Waals surface area contributed by atoms with E-state index in [0.717, 1.165) is 37.8 Å². The summed E-state index contributed by atoms with van der Waals surface area (Å²) in [4.78, 5) is 6.82. The van der Waals surface area contributed by atoms with Crippen LogP contribution in [-0.2, 0) is 0 Å². The van der Waals surface area contributed by atoms with Crippen molar-refractivity contribution in [3.05, 3.63) is 18.3 Å². The number of anilines is 2. The van der Waals surface area contributed by atoms with Crippen LogP contribution in [-0.4, -0.2) is 30.7 Å². The topological polar surface area (TPSA) is 54.2 Å². The van der Waals surface area contributed by atoms with Crippen molar-refractivity contribution in [3.8, 4) is 0 Å². The highest BCUT2D eigenvalue weighted by Gasteiger charge is 2.21. The van der Waals surface area contributed by atoms with Gasteiger partial charge in [-0.3, -0.25) is 0 Å². The molecule has 0 radical (unpaired) electrons. The minimum absolute atomic E-state index is 0.311. The Bertz CT molecular complexity index is 385. The van der Waals surface area contributed by atoms with Crippen LogP contribution in [0.1, 0.15) is 25.7 Å². The Kier molecular flexibility index (Phi) is 3.37. The van der Waals surface area contributed by atoms with Gasteiger partial charge >= 0.3 is 0 Å². The van der Waals surface area contributed by atoms with Crippen molar-refractivity contribution in [3.63, 3.8) is 0 Å². The maximum atomic E-state index is 6.01. The van der Waals surface area contributed by atoms with Crippen molar-refractivity contribution >= 4 is 11.5 Å². The molecule has 0 amide bonds. The summed E-state index contributed by atoms with van der Waals surface area (Å²) in [6.45, 7) is 3.13. The number of hydrogen-bond acceptors (Lipinski definition) is 4. The van der Waals surface area contributed by atoms with Gasteiger partial charge in [0.15, 0.2) is 0 Å². The van der Waals surface area contributed by atoms with E-state index in [9.17, 15) is 0 Å². The number of rotatable bonds is 4. The van der Waals surface area contributed by atoms with Gasteiger partial charge in [-0.15, -0.1) is 0 Å². The average molecular weight is 246 g/mol. The van der Waals surface area contributed by atoms with Crippen LogP contribution in [0.15, 0.2) is 18.3 Å². The molecule has 1 aliphatic carbocycles. The Labute approximate surface area is 109 Å². The van der Waals surface area contributed by atoms with Crippen LogP contribution in [0.3, 0.4) is 0 Å². The Morgan fingerprint density at radius 3 is 2.89 bits per heavy atom. The highest BCUT2D eigenvalue weighted by molar-refractivity contribution is 5.50. The van der Waals surface area contributed by atoms with Crippen LogP contribution in [0.5, 0.6) is 0 Å². The largest absolute Gasteiger partial charge is 0.370 e. The number of nitrogens with zero attached hydrogens (tertiary/aromatic N) is 2. The SMILES string of the molecule is NC1CCCN(c2ccc(NCC3CC3)nc2)C1. The minimum atomic E-state index is 0.311. The number of hydrogen-bond donors (Lipinski definition) is 2. The van der Waals surface area contributed by atoms with E-state index in [1.807, 2.05) is 6.20 Å². The molecule has 1 aliphatic heterocycles. The summed E-state index contributed by atoms with van der Waals surface area (Å²) >= 11 is 0. The van der Waals surface area contributed by atoms with Gasteiger partial charge < -0.3 is 16.0 Å². The van der Waals surface area contributed by atoms with Crippen molar-refractivity contribution in [2.24, 2.45) is 11.7 Å². The van der Waals surface area contributed by atoms with E-state index < -0.39 is 0 Å². The molecule has 2 fully saturated rings. The van der Waals surface area contributed by atoms with Gasteiger partial charge in [0.05, 0.1) is 11.9 Å². The number of pyridine rings is 1. The number of nitrogens with one attached hydrogen (secondary N) is 1. The zero-order valence-corrected chi connectivity index (χ0v) is 10.8. The third-order valence-corrected chi connectivity index (χ3v) is 3.84. The zero-order valence-electron chi connectivity index (χ0n) is 10.8. The zero-order chi connectivity index (χ0) is 12.4. The molecular formula is C14H22N4. The van der Waals surface area contributed by atoms with Crippen molar-refractivity contribution in [1.29, 1.82) is 0 Å². The predicted octanol–water partition coefficient (Wildman–Crippen LogP) is 1.83. The predicted molar refractivity (Wildman–Crippen MR) is 74.9 cm³/mol. The first-order valence-corrected chi connectivity index (χ1v) is 7.02. The summed E-state index contributed by atoms with van der Waals surface area (Å²) in [5, 5.41) is 3.39. The van der Waals surface area contributed by atoms with E-state index in [4.69, 9.17) is 5.73 Å². The van der Waals surface area contributed by atoms with Crippen LogP contribution in [0.4, 0.5) is 11.5 Å². The van der Waals surface area contributed by atoms with E-state index >= 15 is 0 Å². The van der Waals surface area contributed by atoms with Gasteiger partial charge in [0, 0.05) is 25.7 Å². The fourth-order valence-electron chi connectivity index (χ4n) is 2.49. The lowest BCUT2D eigenvalue weighted by Crippen LogP contribution is -2.42. The molecule has 1 atom stereocenters. The van der Waals surface area contributed by atoms with Crippen LogP contribution in [0.25, 0.3) is 0 Å². The second kappa shape index (κ2) is 5.14. The molecule has 0 bridgehead atoms. The first kappa shape index (κ1) is 11.8. The monoisotopic (exact) mass is 246 g/mol. The molecule has 1 saturated carbocycles. The summed E-state index contributed by atoms with van der Waals surface area (Å²) < 4.78 is 0. The van der Waals surface area contributed by atoms with Gasteiger partial charge in [-0.25, -0.2) is 4.98 Å². The molecule has 0 aromatic carbocycles. The third kappa shape index (κ3) is 2.93. The maximum Gasteiger partial charge on any atom is 0.126 e. The highest BCUT2D eigenvalue weighted by Crippen LogP contribution is 2.28. The number of aromatic nitrogens is 1. The molecule has 3 N–H and O–H groups in total. The lowest BCUT2D eigenvalue weighted by molar-refractivity contribution is 0.506. The number of nitrogens with two attached hydrogens (primary N) is 1. The van der Waals surface area contributed by atoms with Gasteiger partial charge in [0.1, 0.15) is 5.82 Å². The van der Waals surface area contributed by atoms with E-state index in [2.05, 4.69) is 27.3 Å². The fraction of sp³-hybridized carbons (Fsp3) is 0.643. The molecule has 1 aromatic heterocycles. The molecule has 0 spiro atoms. The van der Waals surface area contributed by atoms with E-state index in [1.165, 1.54) is 24.9 Å². The van der Waals surface area contributed by atoms with Gasteiger partial charge in [0.25, 0.3) is 0 Å². The molecule has 18 heavy (non-hydrogen) atoms. The van der Waals surface area contributed by atoms with E-state index in [1.54, 1.807) is 0 Å². The summed E-state index contributed by atoms with van der Waals surface area (Å²) in [6.07, 6.45) is 7.04. The normalized spacial score (nSPS) is 24.1. The van der Waals surface area contributed by atoms with E-state index in [-0.39, 0.29) is 0 Å². The highest BCUT2D eigenvalue weighted by atomic mass is 15.2. The molecule has 4 heteroatoms. The van der Waals surface area contributed by atoms with Gasteiger partial charge in [-0.2, -0.15) is 0 Å². The molecular weight excluding hydrogens is 224 g/mol. The van der Waals surface area contributed by atoms with Gasteiger partial charge in [-0.05, 0) is 43.7 Å².